The zero-order valence-corrected chi connectivity index (χ0v) is 17.6. The van der Waals surface area contributed by atoms with Gasteiger partial charge in [-0.3, -0.25) is 9.69 Å². The molecule has 1 aromatic carbocycles. The molecule has 5 nitrogen and oxygen atoms in total. The van der Waals surface area contributed by atoms with E-state index < -0.39 is 5.67 Å². The molecule has 2 N–H and O–H groups in total. The molecule has 1 atom stereocenters. The standard InChI is InChI=1S/C16H21FN2.C8H6N2O/c1-11-8-13-12-6-4-5-7-14(12)18-15(13)9-19(11)10-16(2,3)17;11-5-6-3-7-1-2-9-8(7)10-4-6/h4-7,11,18H,8-10H2,1-3H3;1-5H,(H,9,10). The molecule has 0 amide bonds. The lowest BCUT2D eigenvalue weighted by atomic mass is 9.96. The number of carbonyl (C=O) groups is 1. The van der Waals surface area contributed by atoms with E-state index >= 15 is 0 Å². The molecule has 0 aliphatic carbocycles. The van der Waals surface area contributed by atoms with Gasteiger partial charge in [-0.25, -0.2) is 9.37 Å². The van der Waals surface area contributed by atoms with Crippen LogP contribution in [0.1, 0.15) is 42.4 Å². The van der Waals surface area contributed by atoms with E-state index in [1.807, 2.05) is 6.07 Å². The van der Waals surface area contributed by atoms with Crippen molar-refractivity contribution in [2.75, 3.05) is 6.54 Å². The van der Waals surface area contributed by atoms with Crippen molar-refractivity contribution in [3.8, 4) is 0 Å². The van der Waals surface area contributed by atoms with Crippen molar-refractivity contribution in [2.24, 2.45) is 0 Å². The molecule has 0 radical (unpaired) electrons. The highest BCUT2D eigenvalue weighted by Gasteiger charge is 2.30. The number of aromatic amines is 2. The van der Waals surface area contributed by atoms with E-state index in [1.165, 1.54) is 22.2 Å². The number of halogens is 1. The molecule has 0 spiro atoms. The highest BCUT2D eigenvalue weighted by molar-refractivity contribution is 5.85. The maximum absolute atomic E-state index is 13.9. The fraction of sp³-hybridized carbons (Fsp3) is 0.333. The summed E-state index contributed by atoms with van der Waals surface area (Å²) in [6, 6.07) is 12.5. The van der Waals surface area contributed by atoms with Crippen molar-refractivity contribution in [3.63, 3.8) is 0 Å². The van der Waals surface area contributed by atoms with Crippen LogP contribution in [0.2, 0.25) is 0 Å². The summed E-state index contributed by atoms with van der Waals surface area (Å²) < 4.78 is 13.9. The summed E-state index contributed by atoms with van der Waals surface area (Å²) in [5.41, 5.74) is 4.14. The Hall–Kier alpha value is -2.99. The predicted octanol–water partition coefficient (Wildman–Crippen LogP) is 5.04. The summed E-state index contributed by atoms with van der Waals surface area (Å²) >= 11 is 0. The summed E-state index contributed by atoms with van der Waals surface area (Å²) in [6.07, 6.45) is 5.13. The Morgan fingerprint density at radius 2 is 2.10 bits per heavy atom. The van der Waals surface area contributed by atoms with E-state index in [9.17, 15) is 9.18 Å². The third-order valence-electron chi connectivity index (χ3n) is 5.52. The molecule has 1 aliphatic heterocycles. The van der Waals surface area contributed by atoms with Crippen molar-refractivity contribution in [2.45, 2.75) is 45.4 Å². The van der Waals surface area contributed by atoms with E-state index in [4.69, 9.17) is 0 Å². The molecule has 0 bridgehead atoms. The molecule has 0 saturated carbocycles. The van der Waals surface area contributed by atoms with Crippen LogP contribution in [0.5, 0.6) is 0 Å². The molecule has 1 aliphatic rings. The Bertz CT molecular complexity index is 1170. The number of nitrogens with zero attached hydrogens (tertiary/aromatic N) is 2. The van der Waals surface area contributed by atoms with Crippen molar-refractivity contribution in [1.29, 1.82) is 0 Å². The second-order valence-corrected chi connectivity index (χ2v) is 8.61. The van der Waals surface area contributed by atoms with Gasteiger partial charge in [0.05, 0.1) is 0 Å². The van der Waals surface area contributed by atoms with Crippen LogP contribution in [-0.2, 0) is 13.0 Å². The minimum atomic E-state index is -1.14. The lowest BCUT2D eigenvalue weighted by Gasteiger charge is -2.36. The van der Waals surface area contributed by atoms with Crippen LogP contribution in [0.4, 0.5) is 4.39 Å². The minimum absolute atomic E-state index is 0.390. The molecular formula is C24H27FN4O. The molecule has 5 rings (SSSR count). The summed E-state index contributed by atoms with van der Waals surface area (Å²) in [6.45, 7) is 6.80. The number of fused-ring (bicyclic) bond motifs is 4. The third kappa shape index (κ3) is 4.28. The maximum atomic E-state index is 13.9. The molecule has 1 unspecified atom stereocenters. The third-order valence-corrected chi connectivity index (χ3v) is 5.52. The van der Waals surface area contributed by atoms with E-state index in [0.29, 0.717) is 18.2 Å². The highest BCUT2D eigenvalue weighted by Crippen LogP contribution is 2.31. The van der Waals surface area contributed by atoms with Crippen LogP contribution in [-0.4, -0.2) is 44.4 Å². The Kier molecular flexibility index (Phi) is 5.43. The topological polar surface area (TPSA) is 64.8 Å². The molecule has 0 fully saturated rings. The Labute approximate surface area is 175 Å². The number of carbonyl (C=O) groups excluding carboxylic acids is 1. The van der Waals surface area contributed by atoms with Crippen LogP contribution in [0, 0.1) is 0 Å². The quantitative estimate of drug-likeness (QED) is 0.469. The van der Waals surface area contributed by atoms with Crippen LogP contribution < -0.4 is 0 Å². The van der Waals surface area contributed by atoms with Crippen molar-refractivity contribution >= 4 is 28.2 Å². The van der Waals surface area contributed by atoms with Gasteiger partial charge in [-0.05, 0) is 51.0 Å². The van der Waals surface area contributed by atoms with Gasteiger partial charge in [0.2, 0.25) is 0 Å². The normalized spacial score (nSPS) is 16.9. The molecule has 6 heteroatoms. The summed E-state index contributed by atoms with van der Waals surface area (Å²) in [4.78, 5) is 23.0. The van der Waals surface area contributed by atoms with E-state index in [2.05, 4.69) is 51.0 Å². The van der Waals surface area contributed by atoms with Gasteiger partial charge in [-0.1, -0.05) is 18.2 Å². The van der Waals surface area contributed by atoms with Gasteiger partial charge in [-0.2, -0.15) is 0 Å². The van der Waals surface area contributed by atoms with Gasteiger partial charge < -0.3 is 9.97 Å². The number of alkyl halides is 1. The number of hydrogen-bond acceptors (Lipinski definition) is 3. The van der Waals surface area contributed by atoms with Gasteiger partial charge >= 0.3 is 0 Å². The average Bonchev–Trinajstić information content (AvgIpc) is 3.31. The lowest BCUT2D eigenvalue weighted by Crippen LogP contribution is -2.44. The van der Waals surface area contributed by atoms with Crippen molar-refractivity contribution in [3.05, 3.63) is 65.6 Å². The second-order valence-electron chi connectivity index (χ2n) is 8.61. The molecule has 3 aromatic heterocycles. The highest BCUT2D eigenvalue weighted by atomic mass is 19.1. The molecule has 0 saturated heterocycles. The first-order valence-corrected chi connectivity index (χ1v) is 10.2. The van der Waals surface area contributed by atoms with E-state index in [0.717, 1.165) is 30.3 Å². The van der Waals surface area contributed by atoms with Gasteiger partial charge in [-0.15, -0.1) is 0 Å². The summed E-state index contributed by atoms with van der Waals surface area (Å²) in [5.74, 6) is 0. The number of hydrogen-bond donors (Lipinski definition) is 2. The van der Waals surface area contributed by atoms with Crippen LogP contribution in [0.15, 0.2) is 48.8 Å². The Morgan fingerprint density at radius 1 is 1.30 bits per heavy atom. The minimum Gasteiger partial charge on any atom is -0.357 e. The van der Waals surface area contributed by atoms with Gasteiger partial charge in [0, 0.05) is 59.1 Å². The summed E-state index contributed by atoms with van der Waals surface area (Å²) in [5, 5.41) is 2.29. The summed E-state index contributed by atoms with van der Waals surface area (Å²) in [7, 11) is 0. The van der Waals surface area contributed by atoms with Crippen LogP contribution in [0.3, 0.4) is 0 Å². The molecular weight excluding hydrogens is 379 g/mol. The molecule has 4 aromatic rings. The Morgan fingerprint density at radius 3 is 2.87 bits per heavy atom. The van der Waals surface area contributed by atoms with E-state index in [1.54, 1.807) is 32.3 Å². The Balaban J connectivity index is 0.000000168. The van der Waals surface area contributed by atoms with Gasteiger partial charge in [0.25, 0.3) is 0 Å². The lowest BCUT2D eigenvalue weighted by molar-refractivity contribution is 0.0853. The smallest absolute Gasteiger partial charge is 0.151 e. The maximum Gasteiger partial charge on any atom is 0.151 e. The van der Waals surface area contributed by atoms with Crippen molar-refractivity contribution < 1.29 is 9.18 Å². The number of H-pyrrole nitrogens is 2. The predicted molar refractivity (Wildman–Crippen MR) is 119 cm³/mol. The number of aromatic nitrogens is 3. The first-order chi connectivity index (χ1) is 14.3. The fourth-order valence-electron chi connectivity index (χ4n) is 4.12. The van der Waals surface area contributed by atoms with Gasteiger partial charge in [0.1, 0.15) is 11.3 Å². The van der Waals surface area contributed by atoms with Crippen molar-refractivity contribution in [1.82, 2.24) is 19.9 Å². The fourth-order valence-corrected chi connectivity index (χ4v) is 4.12. The number of benzene rings is 1. The largest absolute Gasteiger partial charge is 0.357 e. The van der Waals surface area contributed by atoms with Crippen LogP contribution in [0.25, 0.3) is 21.9 Å². The zero-order valence-electron chi connectivity index (χ0n) is 17.6. The van der Waals surface area contributed by atoms with Crippen LogP contribution >= 0.6 is 0 Å². The van der Waals surface area contributed by atoms with E-state index in [-0.39, 0.29) is 0 Å². The monoisotopic (exact) mass is 406 g/mol. The molecule has 30 heavy (non-hydrogen) atoms. The second kappa shape index (κ2) is 8.03. The first-order valence-electron chi connectivity index (χ1n) is 10.2. The average molecular weight is 407 g/mol. The number of rotatable bonds is 3. The zero-order chi connectivity index (χ0) is 21.3. The first kappa shape index (κ1) is 20.3. The number of nitrogens with one attached hydrogen (secondary N) is 2. The molecule has 4 heterocycles. The van der Waals surface area contributed by atoms with Gasteiger partial charge in [0.15, 0.2) is 6.29 Å². The number of para-hydroxylation sites is 1. The SMILES string of the molecule is CC1Cc2c([nH]c3ccccc23)CN1CC(C)(C)F.O=Cc1cnc2[nH]ccc2c1. The molecule has 156 valence electrons. The number of aldehydes is 1. The number of pyridine rings is 1.